The number of nitrogens with zero attached hydrogens (tertiary/aromatic N) is 1. The van der Waals surface area contributed by atoms with Gasteiger partial charge in [-0.1, -0.05) is 17.7 Å². The molecule has 5 nitrogen and oxygen atoms in total. The minimum absolute atomic E-state index is 0.290. The maximum Gasteiger partial charge on any atom is 0.323 e. The summed E-state index contributed by atoms with van der Waals surface area (Å²) in [5.41, 5.74) is 2.57. The van der Waals surface area contributed by atoms with Crippen molar-refractivity contribution in [2.75, 3.05) is 10.6 Å². The highest BCUT2D eigenvalue weighted by Gasteiger charge is 2.03. The van der Waals surface area contributed by atoms with Gasteiger partial charge in [-0.3, -0.25) is 4.98 Å². The Morgan fingerprint density at radius 1 is 0.792 bits per heavy atom. The third-order valence-electron chi connectivity index (χ3n) is 3.31. The second-order valence-corrected chi connectivity index (χ2v) is 5.25. The van der Waals surface area contributed by atoms with Gasteiger partial charge in [0, 0.05) is 23.8 Å². The highest BCUT2D eigenvalue weighted by molar-refractivity contribution is 5.99. The second kappa shape index (κ2) is 7.28. The molecule has 0 fully saturated rings. The Morgan fingerprint density at radius 2 is 1.29 bits per heavy atom. The minimum Gasteiger partial charge on any atom is -0.457 e. The molecule has 5 heteroatoms. The van der Waals surface area contributed by atoms with Crippen LogP contribution in [0.25, 0.3) is 0 Å². The number of nitrogens with one attached hydrogen (secondary N) is 2. The summed E-state index contributed by atoms with van der Waals surface area (Å²) in [6, 6.07) is 18.0. The molecule has 0 saturated carbocycles. The maximum atomic E-state index is 12.0. The highest BCUT2D eigenvalue weighted by atomic mass is 16.5. The molecule has 0 aliphatic rings. The lowest BCUT2D eigenvalue weighted by atomic mass is 10.2. The van der Waals surface area contributed by atoms with Crippen LogP contribution in [0.3, 0.4) is 0 Å². The molecule has 2 N–H and O–H groups in total. The van der Waals surface area contributed by atoms with Gasteiger partial charge < -0.3 is 15.4 Å². The summed E-state index contributed by atoms with van der Waals surface area (Å²) in [6.45, 7) is 2.00. The van der Waals surface area contributed by atoms with E-state index in [0.717, 1.165) is 11.3 Å². The number of anilines is 2. The number of pyridine rings is 1. The lowest BCUT2D eigenvalue weighted by Crippen LogP contribution is -2.19. The maximum absolute atomic E-state index is 12.0. The predicted molar refractivity (Wildman–Crippen MR) is 94.6 cm³/mol. The summed E-state index contributed by atoms with van der Waals surface area (Å²) in [5.74, 6) is 1.40. The number of rotatable bonds is 4. The van der Waals surface area contributed by atoms with Gasteiger partial charge in [-0.05, 0) is 55.5 Å². The smallest absolute Gasteiger partial charge is 0.323 e. The number of hydrogen-bond acceptors (Lipinski definition) is 3. The van der Waals surface area contributed by atoms with E-state index in [9.17, 15) is 4.79 Å². The van der Waals surface area contributed by atoms with Crippen molar-refractivity contribution in [2.24, 2.45) is 0 Å². The average Bonchev–Trinajstić information content (AvgIpc) is 2.60. The Labute approximate surface area is 140 Å². The van der Waals surface area contributed by atoms with Gasteiger partial charge in [-0.25, -0.2) is 4.79 Å². The van der Waals surface area contributed by atoms with Crippen molar-refractivity contribution in [1.29, 1.82) is 0 Å². The van der Waals surface area contributed by atoms with Crippen LogP contribution >= 0.6 is 0 Å². The zero-order valence-electron chi connectivity index (χ0n) is 13.2. The molecule has 0 spiro atoms. The topological polar surface area (TPSA) is 63.2 Å². The van der Waals surface area contributed by atoms with Crippen molar-refractivity contribution in [3.8, 4) is 11.5 Å². The molecule has 24 heavy (non-hydrogen) atoms. The molecule has 0 atom stereocenters. The van der Waals surface area contributed by atoms with E-state index in [2.05, 4.69) is 15.6 Å². The number of hydrogen-bond donors (Lipinski definition) is 2. The molecule has 0 saturated heterocycles. The molecule has 0 radical (unpaired) electrons. The van der Waals surface area contributed by atoms with E-state index in [4.69, 9.17) is 4.74 Å². The van der Waals surface area contributed by atoms with Crippen molar-refractivity contribution in [2.45, 2.75) is 6.92 Å². The van der Waals surface area contributed by atoms with E-state index >= 15 is 0 Å². The van der Waals surface area contributed by atoms with Gasteiger partial charge in [-0.2, -0.15) is 0 Å². The van der Waals surface area contributed by atoms with Crippen LogP contribution in [0.15, 0.2) is 73.1 Å². The van der Waals surface area contributed by atoms with Crippen molar-refractivity contribution >= 4 is 17.4 Å². The first-order valence-corrected chi connectivity index (χ1v) is 7.52. The Kier molecular flexibility index (Phi) is 4.72. The van der Waals surface area contributed by atoms with Crippen molar-refractivity contribution in [3.63, 3.8) is 0 Å². The highest BCUT2D eigenvalue weighted by Crippen LogP contribution is 2.22. The summed E-state index contributed by atoms with van der Waals surface area (Å²) >= 11 is 0. The molecule has 2 aromatic carbocycles. The predicted octanol–water partition coefficient (Wildman–Crippen LogP) is 4.83. The van der Waals surface area contributed by atoms with E-state index < -0.39 is 0 Å². The Morgan fingerprint density at radius 3 is 1.88 bits per heavy atom. The van der Waals surface area contributed by atoms with Gasteiger partial charge in [0.15, 0.2) is 0 Å². The van der Waals surface area contributed by atoms with Crippen LogP contribution < -0.4 is 15.4 Å². The Balaban J connectivity index is 1.57. The van der Waals surface area contributed by atoms with Gasteiger partial charge >= 0.3 is 6.03 Å². The second-order valence-electron chi connectivity index (χ2n) is 5.25. The number of carbonyl (C=O) groups excluding carboxylic acids is 1. The normalized spacial score (nSPS) is 10.0. The largest absolute Gasteiger partial charge is 0.457 e. The third-order valence-corrected chi connectivity index (χ3v) is 3.31. The van der Waals surface area contributed by atoms with Crippen molar-refractivity contribution in [1.82, 2.24) is 4.98 Å². The average molecular weight is 319 g/mol. The SMILES string of the molecule is Cc1ccc(NC(=O)Nc2ccc(Oc3ccncc3)cc2)cc1. The summed E-state index contributed by atoms with van der Waals surface area (Å²) < 4.78 is 5.68. The van der Waals surface area contributed by atoms with Gasteiger partial charge in [-0.15, -0.1) is 0 Å². The summed E-state index contributed by atoms with van der Waals surface area (Å²) in [4.78, 5) is 15.9. The summed E-state index contributed by atoms with van der Waals surface area (Å²) in [7, 11) is 0. The van der Waals surface area contributed by atoms with Crippen molar-refractivity contribution < 1.29 is 9.53 Å². The molecule has 3 aromatic rings. The number of ether oxygens (including phenoxy) is 1. The van der Waals surface area contributed by atoms with E-state index in [1.165, 1.54) is 0 Å². The molecule has 0 aliphatic carbocycles. The molecule has 0 bridgehead atoms. The number of amides is 2. The standard InChI is InChI=1S/C19H17N3O2/c1-14-2-4-15(5-3-14)21-19(23)22-16-6-8-17(9-7-16)24-18-10-12-20-13-11-18/h2-13H,1H3,(H2,21,22,23). The summed E-state index contributed by atoms with van der Waals surface area (Å²) in [6.07, 6.45) is 3.33. The number of carbonyl (C=O) groups is 1. The van der Waals surface area contributed by atoms with Crippen LogP contribution in [0.5, 0.6) is 11.5 Å². The van der Waals surface area contributed by atoms with Crippen LogP contribution in [0, 0.1) is 6.92 Å². The molecule has 1 heterocycles. The molecule has 2 amide bonds. The number of urea groups is 1. The lowest BCUT2D eigenvalue weighted by molar-refractivity contribution is 0.262. The first kappa shape index (κ1) is 15.6. The van der Waals surface area contributed by atoms with E-state index in [1.54, 1.807) is 48.8 Å². The molecule has 0 unspecified atom stereocenters. The van der Waals surface area contributed by atoms with Gasteiger partial charge in [0.2, 0.25) is 0 Å². The van der Waals surface area contributed by atoms with Gasteiger partial charge in [0.05, 0.1) is 0 Å². The van der Waals surface area contributed by atoms with E-state index in [0.29, 0.717) is 17.2 Å². The molecule has 1 aromatic heterocycles. The van der Waals surface area contributed by atoms with Crippen LogP contribution in [0.2, 0.25) is 0 Å². The van der Waals surface area contributed by atoms with Crippen LogP contribution in [-0.4, -0.2) is 11.0 Å². The molecule has 3 rings (SSSR count). The minimum atomic E-state index is -0.290. The first-order valence-electron chi connectivity index (χ1n) is 7.52. The fraction of sp³-hybridized carbons (Fsp3) is 0.0526. The zero-order chi connectivity index (χ0) is 16.8. The molecule has 120 valence electrons. The molecule has 0 aliphatic heterocycles. The summed E-state index contributed by atoms with van der Waals surface area (Å²) in [5, 5.41) is 5.56. The zero-order valence-corrected chi connectivity index (χ0v) is 13.2. The van der Waals surface area contributed by atoms with Crippen LogP contribution in [-0.2, 0) is 0 Å². The Bertz CT molecular complexity index is 800. The van der Waals surface area contributed by atoms with Crippen LogP contribution in [0.1, 0.15) is 5.56 Å². The van der Waals surface area contributed by atoms with E-state index in [1.807, 2.05) is 31.2 Å². The van der Waals surface area contributed by atoms with Gasteiger partial charge in [0.25, 0.3) is 0 Å². The molecular formula is C19H17N3O2. The fourth-order valence-corrected chi connectivity index (χ4v) is 2.08. The Hall–Kier alpha value is -3.34. The van der Waals surface area contributed by atoms with E-state index in [-0.39, 0.29) is 6.03 Å². The van der Waals surface area contributed by atoms with Crippen molar-refractivity contribution in [3.05, 3.63) is 78.6 Å². The first-order chi connectivity index (χ1) is 11.7. The quantitative estimate of drug-likeness (QED) is 0.724. The van der Waals surface area contributed by atoms with Crippen LogP contribution in [0.4, 0.5) is 16.2 Å². The molecular weight excluding hydrogens is 302 g/mol. The fourth-order valence-electron chi connectivity index (χ4n) is 2.08. The third kappa shape index (κ3) is 4.33. The lowest BCUT2D eigenvalue weighted by Gasteiger charge is -2.09. The number of benzene rings is 2. The van der Waals surface area contributed by atoms with Gasteiger partial charge in [0.1, 0.15) is 11.5 Å². The monoisotopic (exact) mass is 319 g/mol. The number of aromatic nitrogens is 1. The number of aryl methyl sites for hydroxylation is 1.